The molecule has 0 spiro atoms. The first kappa shape index (κ1) is 16.3. The SMILES string of the molecule is C[C@@H](CNC(=O)NCc1nnc2ccccn12)Sc1ccccc1. The Morgan fingerprint density at radius 3 is 2.75 bits per heavy atom. The predicted molar refractivity (Wildman–Crippen MR) is 95.0 cm³/mol. The van der Waals surface area contributed by atoms with E-state index in [0.29, 0.717) is 18.9 Å². The zero-order valence-corrected chi connectivity index (χ0v) is 14.2. The first-order chi connectivity index (χ1) is 11.7. The topological polar surface area (TPSA) is 71.3 Å². The summed E-state index contributed by atoms with van der Waals surface area (Å²) in [6, 6.07) is 15.6. The van der Waals surface area contributed by atoms with Crippen LogP contribution in [0.4, 0.5) is 4.79 Å². The van der Waals surface area contributed by atoms with Gasteiger partial charge in [0.1, 0.15) is 0 Å². The number of aromatic nitrogens is 3. The van der Waals surface area contributed by atoms with Gasteiger partial charge in [-0.25, -0.2) is 4.79 Å². The summed E-state index contributed by atoms with van der Waals surface area (Å²) in [7, 11) is 0. The third-order valence-corrected chi connectivity index (χ3v) is 4.54. The number of pyridine rings is 1. The molecular weight excluding hydrogens is 322 g/mol. The first-order valence-electron chi connectivity index (χ1n) is 7.74. The van der Waals surface area contributed by atoms with E-state index in [2.05, 4.69) is 39.9 Å². The summed E-state index contributed by atoms with van der Waals surface area (Å²) in [5.74, 6) is 0.701. The number of fused-ring (bicyclic) bond motifs is 1. The lowest BCUT2D eigenvalue weighted by Gasteiger charge is -2.13. The Bertz CT molecular complexity index is 805. The van der Waals surface area contributed by atoms with Crippen molar-refractivity contribution in [3.8, 4) is 0 Å². The zero-order valence-electron chi connectivity index (χ0n) is 13.3. The van der Waals surface area contributed by atoms with Gasteiger partial charge >= 0.3 is 6.03 Å². The normalized spacial score (nSPS) is 12.0. The van der Waals surface area contributed by atoms with Crippen LogP contribution in [0, 0.1) is 0 Å². The summed E-state index contributed by atoms with van der Waals surface area (Å²) >= 11 is 1.73. The Balaban J connectivity index is 1.44. The molecule has 3 rings (SSSR count). The molecule has 7 heteroatoms. The molecular formula is C17H19N5OS. The number of thioether (sulfide) groups is 1. The predicted octanol–water partition coefficient (Wildman–Crippen LogP) is 2.71. The molecule has 2 heterocycles. The van der Waals surface area contributed by atoms with Crippen LogP contribution < -0.4 is 10.6 Å². The van der Waals surface area contributed by atoms with Crippen LogP contribution >= 0.6 is 11.8 Å². The highest BCUT2D eigenvalue weighted by Crippen LogP contribution is 2.21. The van der Waals surface area contributed by atoms with E-state index in [1.807, 2.05) is 47.0 Å². The van der Waals surface area contributed by atoms with Crippen molar-refractivity contribution < 1.29 is 4.79 Å². The Morgan fingerprint density at radius 2 is 1.92 bits per heavy atom. The number of urea groups is 1. The molecule has 0 saturated heterocycles. The fraction of sp³-hybridized carbons (Fsp3) is 0.235. The van der Waals surface area contributed by atoms with Crippen LogP contribution in [0.5, 0.6) is 0 Å². The zero-order chi connectivity index (χ0) is 16.8. The Kier molecular flexibility index (Phi) is 5.32. The molecule has 0 aliphatic carbocycles. The lowest BCUT2D eigenvalue weighted by atomic mass is 10.4. The van der Waals surface area contributed by atoms with Crippen LogP contribution in [0.2, 0.25) is 0 Å². The molecule has 2 aromatic heterocycles. The van der Waals surface area contributed by atoms with E-state index in [4.69, 9.17) is 0 Å². The molecule has 2 N–H and O–H groups in total. The van der Waals surface area contributed by atoms with Crippen molar-refractivity contribution >= 4 is 23.4 Å². The molecule has 0 unspecified atom stereocenters. The molecule has 0 aliphatic heterocycles. The van der Waals surface area contributed by atoms with Gasteiger partial charge in [0, 0.05) is 22.9 Å². The molecule has 1 aromatic carbocycles. The van der Waals surface area contributed by atoms with Gasteiger partial charge in [-0.3, -0.25) is 4.40 Å². The molecule has 0 aliphatic rings. The third-order valence-electron chi connectivity index (χ3n) is 3.42. The van der Waals surface area contributed by atoms with Crippen LogP contribution in [0.15, 0.2) is 59.6 Å². The van der Waals surface area contributed by atoms with Crippen molar-refractivity contribution in [3.05, 3.63) is 60.6 Å². The highest BCUT2D eigenvalue weighted by molar-refractivity contribution is 8.00. The molecule has 2 amide bonds. The van der Waals surface area contributed by atoms with Crippen LogP contribution in [0.25, 0.3) is 5.65 Å². The number of carbonyl (C=O) groups is 1. The van der Waals surface area contributed by atoms with E-state index in [1.165, 1.54) is 4.90 Å². The number of hydrogen-bond acceptors (Lipinski definition) is 4. The van der Waals surface area contributed by atoms with Crippen LogP contribution in [0.3, 0.4) is 0 Å². The van der Waals surface area contributed by atoms with Gasteiger partial charge in [-0.05, 0) is 24.3 Å². The molecule has 3 aromatic rings. The number of benzene rings is 1. The summed E-state index contributed by atoms with van der Waals surface area (Å²) in [5, 5.41) is 14.1. The largest absolute Gasteiger partial charge is 0.337 e. The fourth-order valence-electron chi connectivity index (χ4n) is 2.24. The summed E-state index contributed by atoms with van der Waals surface area (Å²) in [5.41, 5.74) is 0.766. The van der Waals surface area contributed by atoms with Crippen molar-refractivity contribution in [1.29, 1.82) is 0 Å². The average molecular weight is 341 g/mol. The van der Waals surface area contributed by atoms with Crippen molar-refractivity contribution in [1.82, 2.24) is 25.2 Å². The highest BCUT2D eigenvalue weighted by Gasteiger charge is 2.09. The van der Waals surface area contributed by atoms with E-state index >= 15 is 0 Å². The Morgan fingerprint density at radius 1 is 1.12 bits per heavy atom. The third kappa shape index (κ3) is 4.26. The number of hydrogen-bond donors (Lipinski definition) is 2. The molecule has 24 heavy (non-hydrogen) atoms. The maximum Gasteiger partial charge on any atom is 0.315 e. The second-order valence-electron chi connectivity index (χ2n) is 5.35. The van der Waals surface area contributed by atoms with Gasteiger partial charge in [-0.1, -0.05) is 31.2 Å². The Labute approximate surface area is 144 Å². The minimum atomic E-state index is -0.205. The van der Waals surface area contributed by atoms with Crippen molar-refractivity contribution in [2.45, 2.75) is 23.6 Å². The maximum absolute atomic E-state index is 11.9. The number of carbonyl (C=O) groups excluding carboxylic acids is 1. The van der Waals surface area contributed by atoms with Crippen molar-refractivity contribution in [3.63, 3.8) is 0 Å². The van der Waals surface area contributed by atoms with E-state index in [0.717, 1.165) is 5.65 Å². The maximum atomic E-state index is 11.9. The van der Waals surface area contributed by atoms with Gasteiger partial charge in [-0.2, -0.15) is 0 Å². The van der Waals surface area contributed by atoms with Crippen LogP contribution in [-0.4, -0.2) is 32.4 Å². The standard InChI is InChI=1S/C17H19N5OS/c1-13(24-14-7-3-2-4-8-14)11-18-17(23)19-12-16-21-20-15-9-5-6-10-22(15)16/h2-10,13H,11-12H2,1H3,(H2,18,19,23)/t13-/m0/s1. The lowest BCUT2D eigenvalue weighted by molar-refractivity contribution is 0.240. The second-order valence-corrected chi connectivity index (χ2v) is 6.86. The van der Waals surface area contributed by atoms with Crippen molar-refractivity contribution in [2.24, 2.45) is 0 Å². The van der Waals surface area contributed by atoms with Crippen molar-refractivity contribution in [2.75, 3.05) is 6.54 Å². The molecule has 0 saturated carbocycles. The molecule has 124 valence electrons. The second kappa shape index (κ2) is 7.83. The number of nitrogens with one attached hydrogen (secondary N) is 2. The summed E-state index contributed by atoms with van der Waals surface area (Å²) < 4.78 is 1.86. The number of nitrogens with zero attached hydrogens (tertiary/aromatic N) is 3. The van der Waals surface area contributed by atoms with E-state index < -0.39 is 0 Å². The quantitative estimate of drug-likeness (QED) is 0.676. The van der Waals surface area contributed by atoms with Gasteiger partial charge in [0.15, 0.2) is 11.5 Å². The van der Waals surface area contributed by atoms with Gasteiger partial charge < -0.3 is 10.6 Å². The number of amides is 2. The Hall–Kier alpha value is -2.54. The minimum Gasteiger partial charge on any atom is -0.337 e. The first-order valence-corrected chi connectivity index (χ1v) is 8.62. The van der Waals surface area contributed by atoms with Gasteiger partial charge in [0.25, 0.3) is 0 Å². The van der Waals surface area contributed by atoms with Gasteiger partial charge in [0.2, 0.25) is 0 Å². The van der Waals surface area contributed by atoms with E-state index in [1.54, 1.807) is 11.8 Å². The summed E-state index contributed by atoms with van der Waals surface area (Å²) in [6.07, 6.45) is 1.88. The van der Waals surface area contributed by atoms with Crippen LogP contribution in [-0.2, 0) is 6.54 Å². The molecule has 1 atom stereocenters. The van der Waals surface area contributed by atoms with Crippen LogP contribution in [0.1, 0.15) is 12.7 Å². The van der Waals surface area contributed by atoms with Gasteiger partial charge in [-0.15, -0.1) is 22.0 Å². The minimum absolute atomic E-state index is 0.205. The number of rotatable bonds is 6. The highest BCUT2D eigenvalue weighted by atomic mass is 32.2. The molecule has 0 radical (unpaired) electrons. The fourth-order valence-corrected chi connectivity index (χ4v) is 3.19. The molecule has 0 bridgehead atoms. The molecule has 0 fully saturated rings. The van der Waals surface area contributed by atoms with E-state index in [-0.39, 0.29) is 11.3 Å². The summed E-state index contributed by atoms with van der Waals surface area (Å²) in [4.78, 5) is 13.1. The monoisotopic (exact) mass is 341 g/mol. The lowest BCUT2D eigenvalue weighted by Crippen LogP contribution is -2.38. The van der Waals surface area contributed by atoms with E-state index in [9.17, 15) is 4.79 Å². The average Bonchev–Trinajstić information content (AvgIpc) is 3.02. The summed E-state index contributed by atoms with van der Waals surface area (Å²) in [6.45, 7) is 3.01. The smallest absolute Gasteiger partial charge is 0.315 e. The van der Waals surface area contributed by atoms with Gasteiger partial charge in [0.05, 0.1) is 6.54 Å². The molecule has 6 nitrogen and oxygen atoms in total.